The maximum absolute atomic E-state index is 13.3. The van der Waals surface area contributed by atoms with E-state index in [2.05, 4.69) is 23.0 Å². The quantitative estimate of drug-likeness (QED) is 0.633. The van der Waals surface area contributed by atoms with Gasteiger partial charge in [-0.05, 0) is 39.5 Å². The van der Waals surface area contributed by atoms with Gasteiger partial charge in [-0.3, -0.25) is 9.78 Å². The number of fused-ring (bicyclic) bond motifs is 1. The van der Waals surface area contributed by atoms with E-state index in [9.17, 15) is 4.79 Å². The van der Waals surface area contributed by atoms with Crippen molar-refractivity contribution in [2.75, 3.05) is 33.4 Å². The Hall–Kier alpha value is -2.03. The van der Waals surface area contributed by atoms with E-state index in [1.54, 1.807) is 7.11 Å². The van der Waals surface area contributed by atoms with Gasteiger partial charge in [0.05, 0.1) is 18.3 Å². The summed E-state index contributed by atoms with van der Waals surface area (Å²) in [7, 11) is 1.73. The number of nitrogens with one attached hydrogen (secondary N) is 1. The number of morpholine rings is 1. The van der Waals surface area contributed by atoms with Gasteiger partial charge in [0.25, 0.3) is 5.91 Å². The summed E-state index contributed by atoms with van der Waals surface area (Å²) in [6.07, 6.45) is 7.66. The van der Waals surface area contributed by atoms with Crippen LogP contribution in [-0.4, -0.2) is 70.9 Å². The Morgan fingerprint density at radius 2 is 2.27 bits per heavy atom. The fraction of sp³-hybridized carbons (Fsp3) is 0.682. The van der Waals surface area contributed by atoms with E-state index in [-0.39, 0.29) is 18.0 Å². The summed E-state index contributed by atoms with van der Waals surface area (Å²) in [4.78, 5) is 24.8. The molecule has 0 bridgehead atoms. The highest BCUT2D eigenvalue weighted by atomic mass is 16.5. The van der Waals surface area contributed by atoms with Crippen molar-refractivity contribution in [2.45, 2.75) is 64.3 Å². The molecule has 2 aromatic rings. The molecule has 2 atom stereocenters. The second-order valence-corrected chi connectivity index (χ2v) is 8.38. The number of ether oxygens (including phenoxy) is 2. The van der Waals surface area contributed by atoms with Crippen LogP contribution in [0.5, 0.6) is 0 Å². The Labute approximate surface area is 177 Å². The van der Waals surface area contributed by atoms with Gasteiger partial charge < -0.3 is 24.3 Å². The molecule has 0 radical (unpaired) electrons. The number of unbranched alkanes of at least 4 members (excludes halogenated alkanes) is 1. The SMILES string of the molecule is COCCCCn1cc([C@@H](C)N(C(=O)[C@H]2CNCCO2)C2CC2)c2ncc(C)nc21. The number of hydrogen-bond donors (Lipinski definition) is 1. The predicted molar refractivity (Wildman–Crippen MR) is 114 cm³/mol. The van der Waals surface area contributed by atoms with Crippen molar-refractivity contribution in [3.63, 3.8) is 0 Å². The molecule has 164 valence electrons. The highest BCUT2D eigenvalue weighted by molar-refractivity contribution is 5.84. The Morgan fingerprint density at radius 1 is 1.43 bits per heavy atom. The molecular weight excluding hydrogens is 382 g/mol. The summed E-state index contributed by atoms with van der Waals surface area (Å²) < 4.78 is 13.1. The molecule has 4 rings (SSSR count). The molecule has 2 aromatic heterocycles. The smallest absolute Gasteiger partial charge is 0.253 e. The number of aromatic nitrogens is 3. The van der Waals surface area contributed by atoms with Crippen LogP contribution in [0, 0.1) is 6.92 Å². The molecule has 1 amide bonds. The molecular formula is C22H33N5O3. The lowest BCUT2D eigenvalue weighted by Gasteiger charge is -2.34. The normalized spacial score (nSPS) is 20.4. The van der Waals surface area contributed by atoms with Crippen LogP contribution in [0.25, 0.3) is 11.2 Å². The Balaban J connectivity index is 1.62. The molecule has 1 aliphatic heterocycles. The minimum absolute atomic E-state index is 0.0738. The molecule has 0 unspecified atom stereocenters. The first-order valence-corrected chi connectivity index (χ1v) is 11.1. The predicted octanol–water partition coefficient (Wildman–Crippen LogP) is 2.21. The van der Waals surface area contributed by atoms with Crippen LogP contribution in [0.2, 0.25) is 0 Å². The van der Waals surface area contributed by atoms with Gasteiger partial charge in [0.15, 0.2) is 5.65 Å². The first-order chi connectivity index (χ1) is 14.6. The third kappa shape index (κ3) is 4.50. The van der Waals surface area contributed by atoms with Gasteiger partial charge in [-0.1, -0.05) is 0 Å². The van der Waals surface area contributed by atoms with Gasteiger partial charge in [0, 0.05) is 57.3 Å². The number of amides is 1. The number of aryl methyl sites for hydroxylation is 2. The van der Waals surface area contributed by atoms with E-state index in [0.29, 0.717) is 13.2 Å². The number of rotatable bonds is 9. The maximum Gasteiger partial charge on any atom is 0.253 e. The molecule has 1 aliphatic carbocycles. The van der Waals surface area contributed by atoms with Gasteiger partial charge in [-0.2, -0.15) is 0 Å². The molecule has 3 heterocycles. The van der Waals surface area contributed by atoms with Crippen LogP contribution >= 0.6 is 0 Å². The van der Waals surface area contributed by atoms with Gasteiger partial charge in [0.2, 0.25) is 0 Å². The topological polar surface area (TPSA) is 81.5 Å². The molecule has 1 saturated carbocycles. The van der Waals surface area contributed by atoms with Crippen molar-refractivity contribution in [3.05, 3.63) is 23.7 Å². The second-order valence-electron chi connectivity index (χ2n) is 8.38. The lowest BCUT2D eigenvalue weighted by molar-refractivity contribution is -0.148. The number of nitrogens with zero attached hydrogens (tertiary/aromatic N) is 4. The van der Waals surface area contributed by atoms with Gasteiger partial charge in [0.1, 0.15) is 11.6 Å². The summed E-state index contributed by atoms with van der Waals surface area (Å²) in [5, 5.41) is 3.27. The zero-order valence-corrected chi connectivity index (χ0v) is 18.3. The fourth-order valence-corrected chi connectivity index (χ4v) is 4.24. The van der Waals surface area contributed by atoms with Crippen LogP contribution in [0.15, 0.2) is 12.4 Å². The molecule has 8 heteroatoms. The van der Waals surface area contributed by atoms with Crippen LogP contribution in [-0.2, 0) is 20.8 Å². The summed E-state index contributed by atoms with van der Waals surface area (Å²) >= 11 is 0. The molecule has 2 aliphatic rings. The third-order valence-electron chi connectivity index (χ3n) is 5.98. The first-order valence-electron chi connectivity index (χ1n) is 11.1. The van der Waals surface area contributed by atoms with Gasteiger partial charge in [-0.15, -0.1) is 0 Å². The number of methoxy groups -OCH3 is 1. The van der Waals surface area contributed by atoms with E-state index < -0.39 is 6.10 Å². The summed E-state index contributed by atoms with van der Waals surface area (Å²) in [6, 6.07) is 0.215. The highest BCUT2D eigenvalue weighted by Gasteiger charge is 2.40. The zero-order chi connectivity index (χ0) is 21.1. The van der Waals surface area contributed by atoms with Crippen molar-refractivity contribution in [1.82, 2.24) is 24.8 Å². The van der Waals surface area contributed by atoms with Gasteiger partial charge in [-0.25, -0.2) is 4.98 Å². The molecule has 0 aromatic carbocycles. The molecule has 30 heavy (non-hydrogen) atoms. The van der Waals surface area contributed by atoms with Crippen molar-refractivity contribution < 1.29 is 14.3 Å². The van der Waals surface area contributed by atoms with Gasteiger partial charge >= 0.3 is 0 Å². The number of carbonyl (C=O) groups is 1. The summed E-state index contributed by atoms with van der Waals surface area (Å²) in [5.74, 6) is 0.0817. The first kappa shape index (κ1) is 21.2. The van der Waals surface area contributed by atoms with E-state index >= 15 is 0 Å². The van der Waals surface area contributed by atoms with E-state index in [4.69, 9.17) is 19.4 Å². The van der Waals surface area contributed by atoms with E-state index in [1.807, 2.05) is 18.0 Å². The van der Waals surface area contributed by atoms with Crippen molar-refractivity contribution >= 4 is 17.1 Å². The lowest BCUT2D eigenvalue weighted by atomic mass is 10.1. The highest BCUT2D eigenvalue weighted by Crippen LogP contribution is 2.37. The standard InChI is InChI=1S/C22H33N5O3/c1-15-12-24-20-18(14-26(21(20)25-15)9-4-5-10-29-3)16(2)27(17-6-7-17)22(28)19-13-23-8-11-30-19/h12,14,16-17,19,23H,4-11,13H2,1-3H3/t16-,19-/m1/s1. The number of carbonyl (C=O) groups excluding carboxylic acids is 1. The molecule has 2 fully saturated rings. The average molecular weight is 416 g/mol. The van der Waals surface area contributed by atoms with Crippen molar-refractivity contribution in [1.29, 1.82) is 0 Å². The molecule has 1 N–H and O–H groups in total. The fourth-order valence-electron chi connectivity index (χ4n) is 4.24. The van der Waals surface area contributed by atoms with Crippen LogP contribution in [0.3, 0.4) is 0 Å². The van der Waals surface area contributed by atoms with Crippen LogP contribution in [0.4, 0.5) is 0 Å². The Bertz CT molecular complexity index is 873. The van der Waals surface area contributed by atoms with Crippen LogP contribution < -0.4 is 5.32 Å². The monoisotopic (exact) mass is 415 g/mol. The number of hydrogen-bond acceptors (Lipinski definition) is 6. The minimum Gasteiger partial charge on any atom is -0.385 e. The van der Waals surface area contributed by atoms with Crippen molar-refractivity contribution in [3.8, 4) is 0 Å². The summed E-state index contributed by atoms with van der Waals surface area (Å²) in [5.41, 5.74) is 3.75. The maximum atomic E-state index is 13.3. The van der Waals surface area contributed by atoms with Crippen LogP contribution in [0.1, 0.15) is 49.9 Å². The van der Waals surface area contributed by atoms with Crippen molar-refractivity contribution in [2.24, 2.45) is 0 Å². The largest absolute Gasteiger partial charge is 0.385 e. The molecule has 0 spiro atoms. The minimum atomic E-state index is -0.405. The molecule has 1 saturated heterocycles. The Kier molecular flexibility index (Phi) is 6.65. The zero-order valence-electron chi connectivity index (χ0n) is 18.3. The average Bonchev–Trinajstić information content (AvgIpc) is 3.53. The third-order valence-corrected chi connectivity index (χ3v) is 5.98. The van der Waals surface area contributed by atoms with E-state index in [0.717, 1.165) is 67.8 Å². The Morgan fingerprint density at radius 3 is 2.97 bits per heavy atom. The lowest BCUT2D eigenvalue weighted by Crippen LogP contribution is -2.50. The summed E-state index contributed by atoms with van der Waals surface area (Å²) in [6.45, 7) is 7.64. The second kappa shape index (κ2) is 9.41. The van der Waals surface area contributed by atoms with E-state index in [1.165, 1.54) is 0 Å². The molecule has 8 nitrogen and oxygen atoms in total.